The van der Waals surface area contributed by atoms with Crippen molar-refractivity contribution in [3.63, 3.8) is 0 Å². The number of rotatable bonds is 4. The molecule has 2 aromatic rings. The number of aliphatic hydroxyl groups excluding tert-OH is 4. The molecule has 5 N–H and O–H groups in total. The monoisotopic (exact) mass is 435 g/mol. The van der Waals surface area contributed by atoms with Crippen LogP contribution in [0.25, 0.3) is 0 Å². The van der Waals surface area contributed by atoms with E-state index in [2.05, 4.69) is 17.9 Å². The van der Waals surface area contributed by atoms with Crippen LogP contribution >= 0.6 is 0 Å². The second kappa shape index (κ2) is 9.01. The lowest BCUT2D eigenvalue weighted by Crippen LogP contribution is -2.55. The maximum atomic E-state index is 10.4. The molecule has 2 fully saturated rings. The number of benzene rings is 2. The molecule has 0 spiro atoms. The number of hydrogen-bond acceptors (Lipinski definition) is 7. The minimum absolute atomic E-state index is 0.450. The van der Waals surface area contributed by atoms with E-state index >= 15 is 0 Å². The first kappa shape index (κ1) is 22.4. The molecular weight excluding hydrogens is 410 g/mol. The summed E-state index contributed by atoms with van der Waals surface area (Å²) < 4.78 is 5.64. The summed E-state index contributed by atoms with van der Waals surface area (Å²) in [5.74, 6) is 5.84. The maximum absolute atomic E-state index is 10.4. The highest BCUT2D eigenvalue weighted by molar-refractivity contribution is 5.45. The smallest absolute Gasteiger partial charge is 0.126 e. The van der Waals surface area contributed by atoms with Crippen molar-refractivity contribution in [3.8, 4) is 17.9 Å². The Balaban J connectivity index is 1.56. The van der Waals surface area contributed by atoms with Crippen LogP contribution in [0.3, 0.4) is 0 Å². The summed E-state index contributed by atoms with van der Waals surface area (Å²) in [7, 11) is 0. The molecule has 166 valence electrons. The molecule has 2 aromatic carbocycles. The average molecular weight is 435 g/mol. The van der Waals surface area contributed by atoms with Gasteiger partial charge in [0.15, 0.2) is 0 Å². The van der Waals surface area contributed by atoms with Crippen LogP contribution in [0.2, 0.25) is 0 Å². The van der Waals surface area contributed by atoms with Crippen LogP contribution < -0.4 is 0 Å². The zero-order valence-corrected chi connectivity index (χ0v) is 17.3. The van der Waals surface area contributed by atoms with Crippen molar-refractivity contribution < 1.29 is 30.3 Å². The summed E-state index contributed by atoms with van der Waals surface area (Å²) in [5.41, 5.74) is 2.64. The van der Waals surface area contributed by atoms with E-state index in [1.54, 1.807) is 18.2 Å². The number of ether oxygens (including phenoxy) is 1. The van der Waals surface area contributed by atoms with Crippen LogP contribution in [0.15, 0.2) is 42.5 Å². The predicted octanol–water partition coefficient (Wildman–Crippen LogP) is 0.540. The lowest BCUT2D eigenvalue weighted by Gasteiger charge is -2.40. The number of nitrogens with zero attached hydrogens (tertiary/aromatic N) is 1. The lowest BCUT2D eigenvalue weighted by atomic mass is 9.89. The molecule has 2 aliphatic rings. The summed E-state index contributed by atoms with van der Waals surface area (Å²) in [6, 6.07) is 14.7. The Morgan fingerprint density at radius 1 is 1.00 bits per heavy atom. The topological polar surface area (TPSA) is 134 Å². The molecule has 1 heterocycles. The lowest BCUT2D eigenvalue weighted by molar-refractivity contribution is -0.231. The van der Waals surface area contributed by atoms with E-state index in [9.17, 15) is 30.8 Å². The fraction of sp³-hybridized carbons (Fsp3) is 0.400. The van der Waals surface area contributed by atoms with E-state index in [-0.39, 0.29) is 0 Å². The van der Waals surface area contributed by atoms with E-state index < -0.39 is 42.7 Å². The Bertz CT molecular complexity index is 1070. The molecule has 5 atom stereocenters. The number of hydrogen-bond donors (Lipinski definition) is 5. The predicted molar refractivity (Wildman–Crippen MR) is 114 cm³/mol. The highest BCUT2D eigenvalue weighted by Crippen LogP contribution is 2.34. The number of aliphatic hydroxyl groups is 5. The molecule has 1 aliphatic heterocycles. The quantitative estimate of drug-likeness (QED) is 0.443. The molecule has 7 heteroatoms. The Kier molecular flexibility index (Phi) is 6.32. The summed E-state index contributed by atoms with van der Waals surface area (Å²) in [6.07, 6.45) is -4.36. The SMILES string of the molecule is N#Cc1ccc(C2OC(CO)[C@@H](O)[C@H](O)[C@H]2O)cc1Cc1ccc(C#CC2(O)CC2)cc1. The zero-order chi connectivity index (χ0) is 22.9. The Morgan fingerprint density at radius 2 is 1.72 bits per heavy atom. The van der Waals surface area contributed by atoms with E-state index in [4.69, 9.17) is 4.74 Å². The average Bonchev–Trinajstić information content (AvgIpc) is 3.55. The summed E-state index contributed by atoms with van der Waals surface area (Å²) in [6.45, 7) is -0.503. The van der Waals surface area contributed by atoms with Gasteiger partial charge in [-0.25, -0.2) is 0 Å². The first-order valence-corrected chi connectivity index (χ1v) is 10.5. The second-order valence-electron chi connectivity index (χ2n) is 8.43. The van der Waals surface area contributed by atoms with E-state index in [0.717, 1.165) is 11.1 Å². The molecule has 0 amide bonds. The zero-order valence-electron chi connectivity index (χ0n) is 17.3. The van der Waals surface area contributed by atoms with Gasteiger partial charge in [-0.15, -0.1) is 0 Å². The normalized spacial score (nSPS) is 28.3. The largest absolute Gasteiger partial charge is 0.394 e. The molecule has 0 radical (unpaired) electrons. The van der Waals surface area contributed by atoms with Crippen molar-refractivity contribution in [2.24, 2.45) is 0 Å². The number of nitriles is 1. The van der Waals surface area contributed by atoms with Crippen LogP contribution in [-0.4, -0.2) is 62.2 Å². The van der Waals surface area contributed by atoms with Crippen molar-refractivity contribution in [2.75, 3.05) is 6.61 Å². The van der Waals surface area contributed by atoms with Gasteiger partial charge in [0.25, 0.3) is 0 Å². The van der Waals surface area contributed by atoms with Crippen molar-refractivity contribution in [3.05, 3.63) is 70.3 Å². The fourth-order valence-electron chi connectivity index (χ4n) is 3.78. The summed E-state index contributed by atoms with van der Waals surface area (Å²) in [5, 5.41) is 59.3. The first-order valence-electron chi connectivity index (χ1n) is 10.5. The summed E-state index contributed by atoms with van der Waals surface area (Å²) in [4.78, 5) is 0. The van der Waals surface area contributed by atoms with Crippen LogP contribution in [0.5, 0.6) is 0 Å². The summed E-state index contributed by atoms with van der Waals surface area (Å²) >= 11 is 0. The molecule has 1 saturated heterocycles. The van der Waals surface area contributed by atoms with Crippen LogP contribution in [0.1, 0.15) is 46.8 Å². The van der Waals surface area contributed by atoms with Crippen LogP contribution in [0, 0.1) is 23.2 Å². The van der Waals surface area contributed by atoms with E-state index in [0.29, 0.717) is 36.0 Å². The third-order valence-electron chi connectivity index (χ3n) is 5.98. The molecule has 4 rings (SSSR count). The minimum Gasteiger partial charge on any atom is -0.394 e. The molecular formula is C25H25NO6. The molecule has 0 bridgehead atoms. The Morgan fingerprint density at radius 3 is 2.34 bits per heavy atom. The van der Waals surface area contributed by atoms with Crippen LogP contribution in [0.4, 0.5) is 0 Å². The van der Waals surface area contributed by atoms with Gasteiger partial charge in [-0.05, 0) is 54.2 Å². The standard InChI is InChI=1S/C25H25NO6/c26-13-18-6-5-17(24-23(30)22(29)21(28)20(14-27)32-24)12-19(18)11-16-3-1-15(2-4-16)7-8-25(31)9-10-25/h1-6,12,20-24,27-31H,9-11,14H2/t20?,21-,22+,23-,24?/m1/s1. The van der Waals surface area contributed by atoms with E-state index in [1.807, 2.05) is 24.3 Å². The van der Waals surface area contributed by atoms with Crippen molar-refractivity contribution in [1.29, 1.82) is 5.26 Å². The highest BCUT2D eigenvalue weighted by Gasteiger charge is 2.44. The van der Waals surface area contributed by atoms with Gasteiger partial charge in [-0.1, -0.05) is 36.1 Å². The van der Waals surface area contributed by atoms with Gasteiger partial charge in [0, 0.05) is 5.56 Å². The molecule has 1 saturated carbocycles. The van der Waals surface area contributed by atoms with E-state index in [1.165, 1.54) is 0 Å². The third-order valence-corrected chi connectivity index (χ3v) is 5.98. The van der Waals surface area contributed by atoms with Gasteiger partial charge >= 0.3 is 0 Å². The first-order chi connectivity index (χ1) is 15.3. The van der Waals surface area contributed by atoms with Gasteiger partial charge in [-0.3, -0.25) is 0 Å². The van der Waals surface area contributed by atoms with Crippen molar-refractivity contribution in [2.45, 2.75) is 55.4 Å². The van der Waals surface area contributed by atoms with Gasteiger partial charge in [0.1, 0.15) is 36.1 Å². The second-order valence-corrected chi connectivity index (χ2v) is 8.43. The Hall–Kier alpha value is -2.75. The molecule has 0 aromatic heterocycles. The molecule has 1 aliphatic carbocycles. The maximum Gasteiger partial charge on any atom is 0.126 e. The molecule has 7 nitrogen and oxygen atoms in total. The third kappa shape index (κ3) is 4.69. The molecule has 32 heavy (non-hydrogen) atoms. The Labute approximate surface area is 186 Å². The van der Waals surface area contributed by atoms with Gasteiger partial charge in [0.2, 0.25) is 0 Å². The van der Waals surface area contributed by atoms with Gasteiger partial charge in [-0.2, -0.15) is 5.26 Å². The van der Waals surface area contributed by atoms with Crippen LogP contribution in [-0.2, 0) is 11.2 Å². The minimum atomic E-state index is -1.47. The highest BCUT2D eigenvalue weighted by atomic mass is 16.5. The fourth-order valence-corrected chi connectivity index (χ4v) is 3.78. The molecule has 2 unspecified atom stereocenters. The van der Waals surface area contributed by atoms with Gasteiger partial charge in [0.05, 0.1) is 18.2 Å². The van der Waals surface area contributed by atoms with Gasteiger partial charge < -0.3 is 30.3 Å². The van der Waals surface area contributed by atoms with Crippen molar-refractivity contribution >= 4 is 0 Å². The van der Waals surface area contributed by atoms with Crippen molar-refractivity contribution in [1.82, 2.24) is 0 Å².